The Kier molecular flexibility index (Phi) is 6.35. The van der Waals surface area contributed by atoms with E-state index < -0.39 is 0 Å². The van der Waals surface area contributed by atoms with E-state index in [2.05, 4.69) is 37.9 Å². The van der Waals surface area contributed by atoms with Crippen molar-refractivity contribution in [2.45, 2.75) is 78.3 Å². The molecule has 0 aromatic carbocycles. The molecular weight excluding hydrogens is 244 g/mol. The van der Waals surface area contributed by atoms with E-state index in [0.717, 1.165) is 23.8 Å². The second kappa shape index (κ2) is 7.79. The van der Waals surface area contributed by atoms with Gasteiger partial charge in [0.05, 0.1) is 0 Å². The third kappa shape index (κ3) is 3.98. The lowest BCUT2D eigenvalue weighted by molar-refractivity contribution is 0.154. The van der Waals surface area contributed by atoms with Crippen molar-refractivity contribution in [2.24, 2.45) is 17.8 Å². The smallest absolute Gasteiger partial charge is 0.00980 e. The molecule has 2 fully saturated rings. The summed E-state index contributed by atoms with van der Waals surface area (Å²) in [6.07, 6.45) is 8.30. The molecule has 1 aliphatic carbocycles. The lowest BCUT2D eigenvalue weighted by Gasteiger charge is -2.36. The highest BCUT2D eigenvalue weighted by Crippen LogP contribution is 2.34. The number of piperidine rings is 1. The Morgan fingerprint density at radius 1 is 1.10 bits per heavy atom. The number of hydrogen-bond donors (Lipinski definition) is 1. The molecular formula is C18H36N2. The predicted octanol–water partition coefficient (Wildman–Crippen LogP) is 3.91. The van der Waals surface area contributed by atoms with Crippen molar-refractivity contribution < 1.29 is 0 Å². The summed E-state index contributed by atoms with van der Waals surface area (Å²) in [4.78, 5) is 2.65. The van der Waals surface area contributed by atoms with Crippen LogP contribution >= 0.6 is 0 Å². The Hall–Kier alpha value is -0.0800. The van der Waals surface area contributed by atoms with Gasteiger partial charge in [0, 0.05) is 12.1 Å². The molecule has 2 heteroatoms. The molecule has 1 aliphatic heterocycles. The summed E-state index contributed by atoms with van der Waals surface area (Å²) in [5, 5.41) is 3.99. The monoisotopic (exact) mass is 280 g/mol. The first-order chi connectivity index (χ1) is 9.65. The number of hydrogen-bond acceptors (Lipinski definition) is 2. The van der Waals surface area contributed by atoms with Crippen molar-refractivity contribution >= 4 is 0 Å². The highest BCUT2D eigenvalue weighted by molar-refractivity contribution is 4.90. The van der Waals surface area contributed by atoms with Crippen molar-refractivity contribution in [3.05, 3.63) is 0 Å². The number of nitrogens with one attached hydrogen (secondary N) is 1. The molecule has 1 saturated carbocycles. The van der Waals surface area contributed by atoms with Gasteiger partial charge in [0.25, 0.3) is 0 Å². The fourth-order valence-corrected chi connectivity index (χ4v) is 4.53. The molecule has 20 heavy (non-hydrogen) atoms. The van der Waals surface area contributed by atoms with Crippen LogP contribution in [0, 0.1) is 17.8 Å². The molecule has 2 aliphatic rings. The van der Waals surface area contributed by atoms with E-state index in [4.69, 9.17) is 0 Å². The van der Waals surface area contributed by atoms with Crippen LogP contribution in [0.3, 0.4) is 0 Å². The second-order valence-electron chi connectivity index (χ2n) is 7.35. The van der Waals surface area contributed by atoms with Gasteiger partial charge in [0.2, 0.25) is 0 Å². The molecule has 0 spiro atoms. The molecule has 0 amide bonds. The fraction of sp³-hybridized carbons (Fsp3) is 1.00. The highest BCUT2D eigenvalue weighted by Gasteiger charge is 2.33. The average molecular weight is 280 g/mol. The zero-order chi connectivity index (χ0) is 14.5. The van der Waals surface area contributed by atoms with Crippen LogP contribution in [0.4, 0.5) is 0 Å². The Labute approximate surface area is 126 Å². The van der Waals surface area contributed by atoms with E-state index in [1.165, 1.54) is 58.2 Å². The maximum atomic E-state index is 3.99. The molecule has 0 bridgehead atoms. The van der Waals surface area contributed by atoms with Gasteiger partial charge >= 0.3 is 0 Å². The van der Waals surface area contributed by atoms with Crippen molar-refractivity contribution in [1.82, 2.24) is 10.2 Å². The van der Waals surface area contributed by atoms with Gasteiger partial charge in [0.1, 0.15) is 0 Å². The van der Waals surface area contributed by atoms with Crippen molar-refractivity contribution in [3.63, 3.8) is 0 Å². The van der Waals surface area contributed by atoms with Crippen LogP contribution in [0.5, 0.6) is 0 Å². The van der Waals surface area contributed by atoms with E-state index in [-0.39, 0.29) is 0 Å². The number of likely N-dealkylation sites (tertiary alicyclic amines) is 1. The SMILES string of the molecule is CCCN1CCC(C(C)NC2CCC(CC)C2C)CC1. The van der Waals surface area contributed by atoms with Crippen LogP contribution in [-0.4, -0.2) is 36.6 Å². The summed E-state index contributed by atoms with van der Waals surface area (Å²) in [5.74, 6) is 2.74. The molecule has 2 rings (SSSR count). The zero-order valence-electron chi connectivity index (χ0n) is 14.2. The molecule has 1 N–H and O–H groups in total. The van der Waals surface area contributed by atoms with E-state index in [1.54, 1.807) is 0 Å². The van der Waals surface area contributed by atoms with E-state index >= 15 is 0 Å². The van der Waals surface area contributed by atoms with Crippen molar-refractivity contribution in [3.8, 4) is 0 Å². The topological polar surface area (TPSA) is 15.3 Å². The van der Waals surface area contributed by atoms with Gasteiger partial charge < -0.3 is 10.2 Å². The zero-order valence-corrected chi connectivity index (χ0v) is 14.2. The first-order valence-corrected chi connectivity index (χ1v) is 9.14. The Morgan fingerprint density at radius 3 is 2.35 bits per heavy atom. The maximum absolute atomic E-state index is 3.99. The van der Waals surface area contributed by atoms with Gasteiger partial charge in [0.15, 0.2) is 0 Å². The quantitative estimate of drug-likeness (QED) is 0.793. The lowest BCUT2D eigenvalue weighted by Crippen LogP contribution is -2.46. The minimum atomic E-state index is 0.710. The molecule has 1 saturated heterocycles. The normalized spacial score (nSPS) is 34.5. The van der Waals surface area contributed by atoms with E-state index in [9.17, 15) is 0 Å². The third-order valence-corrected chi connectivity index (χ3v) is 6.11. The molecule has 0 aromatic rings. The Morgan fingerprint density at radius 2 is 1.80 bits per heavy atom. The van der Waals surface area contributed by atoms with Gasteiger partial charge in [-0.15, -0.1) is 0 Å². The van der Waals surface area contributed by atoms with E-state index in [1.807, 2.05) is 0 Å². The highest BCUT2D eigenvalue weighted by atomic mass is 15.1. The van der Waals surface area contributed by atoms with Crippen LogP contribution in [0.15, 0.2) is 0 Å². The second-order valence-corrected chi connectivity index (χ2v) is 7.35. The third-order valence-electron chi connectivity index (χ3n) is 6.11. The molecule has 0 radical (unpaired) electrons. The Bertz CT molecular complexity index is 271. The summed E-state index contributed by atoms with van der Waals surface area (Å²) in [6.45, 7) is 13.5. The van der Waals surface area contributed by atoms with E-state index in [0.29, 0.717) is 6.04 Å². The first kappa shape index (κ1) is 16.3. The van der Waals surface area contributed by atoms with Crippen LogP contribution in [0.1, 0.15) is 66.2 Å². The van der Waals surface area contributed by atoms with Crippen molar-refractivity contribution in [1.29, 1.82) is 0 Å². The molecule has 118 valence electrons. The number of rotatable bonds is 6. The fourth-order valence-electron chi connectivity index (χ4n) is 4.53. The average Bonchev–Trinajstić information content (AvgIpc) is 2.80. The van der Waals surface area contributed by atoms with Crippen LogP contribution < -0.4 is 5.32 Å². The van der Waals surface area contributed by atoms with Crippen LogP contribution in [0.25, 0.3) is 0 Å². The first-order valence-electron chi connectivity index (χ1n) is 9.14. The predicted molar refractivity (Wildman–Crippen MR) is 88.0 cm³/mol. The van der Waals surface area contributed by atoms with Gasteiger partial charge in [-0.25, -0.2) is 0 Å². The lowest BCUT2D eigenvalue weighted by atomic mass is 9.88. The molecule has 4 unspecified atom stereocenters. The van der Waals surface area contributed by atoms with Gasteiger partial charge in [-0.05, 0) is 76.4 Å². The summed E-state index contributed by atoms with van der Waals surface area (Å²) >= 11 is 0. The molecule has 0 aromatic heterocycles. The minimum absolute atomic E-state index is 0.710. The summed E-state index contributed by atoms with van der Waals surface area (Å²) in [5.41, 5.74) is 0. The number of nitrogens with zero attached hydrogens (tertiary/aromatic N) is 1. The summed E-state index contributed by atoms with van der Waals surface area (Å²) in [7, 11) is 0. The minimum Gasteiger partial charge on any atom is -0.311 e. The van der Waals surface area contributed by atoms with Gasteiger partial charge in [-0.1, -0.05) is 27.2 Å². The molecule has 4 atom stereocenters. The standard InChI is InChI=1S/C18H36N2/c1-5-11-20-12-9-17(10-13-20)15(4)19-18-8-7-16(6-2)14(18)3/h14-19H,5-13H2,1-4H3. The van der Waals surface area contributed by atoms with Crippen LogP contribution in [0.2, 0.25) is 0 Å². The summed E-state index contributed by atoms with van der Waals surface area (Å²) < 4.78 is 0. The largest absolute Gasteiger partial charge is 0.311 e. The molecule has 2 nitrogen and oxygen atoms in total. The Balaban J connectivity index is 1.74. The van der Waals surface area contributed by atoms with Gasteiger partial charge in [-0.2, -0.15) is 0 Å². The maximum Gasteiger partial charge on any atom is 0.00980 e. The van der Waals surface area contributed by atoms with Crippen LogP contribution in [-0.2, 0) is 0 Å². The van der Waals surface area contributed by atoms with Crippen molar-refractivity contribution in [2.75, 3.05) is 19.6 Å². The summed E-state index contributed by atoms with van der Waals surface area (Å²) in [6, 6.07) is 1.49. The van der Waals surface area contributed by atoms with Gasteiger partial charge in [-0.3, -0.25) is 0 Å². The molecule has 1 heterocycles.